The Labute approximate surface area is 91.2 Å². The molecule has 1 saturated carbocycles. The summed E-state index contributed by atoms with van der Waals surface area (Å²) in [6, 6.07) is 4.84. The lowest BCUT2D eigenvalue weighted by Gasteiger charge is -2.12. The average molecular weight is 231 g/mol. The monoisotopic (exact) mass is 231 g/mol. The molecule has 2 N–H and O–H groups in total. The quantitative estimate of drug-likeness (QED) is 0.867. The van der Waals surface area contributed by atoms with E-state index in [4.69, 9.17) is 10.5 Å². The summed E-state index contributed by atoms with van der Waals surface area (Å²) in [4.78, 5) is 0. The molecule has 1 aliphatic carbocycles. The van der Waals surface area contributed by atoms with Crippen LogP contribution in [0.3, 0.4) is 0 Å². The van der Waals surface area contributed by atoms with E-state index < -0.39 is 11.7 Å². The van der Waals surface area contributed by atoms with E-state index in [2.05, 4.69) is 0 Å². The van der Waals surface area contributed by atoms with Crippen molar-refractivity contribution in [2.75, 3.05) is 6.61 Å². The number of alkyl halides is 3. The van der Waals surface area contributed by atoms with E-state index in [1.807, 2.05) is 0 Å². The Bertz CT molecular complexity index is 385. The largest absolute Gasteiger partial charge is 0.492 e. The highest BCUT2D eigenvalue weighted by Gasteiger charge is 2.39. The number of halogens is 3. The topological polar surface area (TPSA) is 35.2 Å². The molecule has 88 valence electrons. The first-order valence-corrected chi connectivity index (χ1v) is 4.98. The van der Waals surface area contributed by atoms with Crippen molar-refractivity contribution in [3.05, 3.63) is 29.8 Å². The third-order valence-electron chi connectivity index (χ3n) is 2.58. The number of hydrogen-bond donors (Lipinski definition) is 1. The van der Waals surface area contributed by atoms with Crippen LogP contribution in [-0.4, -0.2) is 12.1 Å². The third kappa shape index (κ3) is 2.66. The molecule has 2 rings (SSSR count). The average Bonchev–Trinajstić information content (AvgIpc) is 2.94. The second-order valence-corrected chi connectivity index (χ2v) is 4.18. The molecular weight excluding hydrogens is 219 g/mol. The molecule has 1 aromatic carbocycles. The molecule has 1 aromatic rings. The van der Waals surface area contributed by atoms with Crippen LogP contribution in [0.1, 0.15) is 18.4 Å². The van der Waals surface area contributed by atoms with Gasteiger partial charge in [0.05, 0.1) is 11.1 Å². The number of rotatable bonds is 3. The molecular formula is C11H12F3NO. The standard InChI is InChI=1S/C11H12F3NO/c12-11(13,14)8-2-1-3-9(6-8)16-7-10(15)4-5-10/h1-3,6H,4-5,7,15H2. The fourth-order valence-corrected chi connectivity index (χ4v) is 1.29. The van der Waals surface area contributed by atoms with Gasteiger partial charge in [0.15, 0.2) is 0 Å². The molecule has 0 atom stereocenters. The SMILES string of the molecule is NC1(COc2cccc(C(F)(F)F)c2)CC1. The van der Waals surface area contributed by atoms with Crippen LogP contribution < -0.4 is 10.5 Å². The minimum absolute atomic E-state index is 0.214. The Kier molecular flexibility index (Phi) is 2.58. The molecule has 1 aliphatic rings. The lowest BCUT2D eigenvalue weighted by atomic mass is 10.2. The van der Waals surface area contributed by atoms with Crippen LogP contribution in [0.2, 0.25) is 0 Å². The molecule has 0 aliphatic heterocycles. The highest BCUT2D eigenvalue weighted by molar-refractivity contribution is 5.30. The predicted octanol–water partition coefficient (Wildman–Crippen LogP) is 2.58. The van der Waals surface area contributed by atoms with E-state index in [1.54, 1.807) is 0 Å². The molecule has 16 heavy (non-hydrogen) atoms. The van der Waals surface area contributed by atoms with E-state index in [0.717, 1.165) is 25.0 Å². The van der Waals surface area contributed by atoms with Crippen molar-refractivity contribution in [3.63, 3.8) is 0 Å². The summed E-state index contributed by atoms with van der Waals surface area (Å²) in [5, 5.41) is 0. The van der Waals surface area contributed by atoms with Crippen LogP contribution in [0, 0.1) is 0 Å². The number of nitrogens with two attached hydrogens (primary N) is 1. The van der Waals surface area contributed by atoms with E-state index in [1.165, 1.54) is 12.1 Å². The summed E-state index contributed by atoms with van der Waals surface area (Å²) in [6.45, 7) is 0.272. The fourth-order valence-electron chi connectivity index (χ4n) is 1.29. The Morgan fingerprint density at radius 2 is 2.00 bits per heavy atom. The van der Waals surface area contributed by atoms with E-state index >= 15 is 0 Å². The smallest absolute Gasteiger partial charge is 0.416 e. The molecule has 5 heteroatoms. The summed E-state index contributed by atoms with van der Waals surface area (Å²) >= 11 is 0. The van der Waals surface area contributed by atoms with Crippen molar-refractivity contribution in [2.45, 2.75) is 24.6 Å². The van der Waals surface area contributed by atoms with Gasteiger partial charge < -0.3 is 10.5 Å². The molecule has 0 saturated heterocycles. The van der Waals surface area contributed by atoms with Gasteiger partial charge in [0, 0.05) is 0 Å². The Morgan fingerprint density at radius 1 is 1.31 bits per heavy atom. The molecule has 0 bridgehead atoms. The minimum Gasteiger partial charge on any atom is -0.492 e. The zero-order chi connectivity index (χ0) is 11.8. The van der Waals surface area contributed by atoms with Gasteiger partial charge in [0.25, 0.3) is 0 Å². The fraction of sp³-hybridized carbons (Fsp3) is 0.455. The Balaban J connectivity index is 2.04. The predicted molar refractivity (Wildman–Crippen MR) is 53.1 cm³/mol. The Morgan fingerprint density at radius 3 is 2.56 bits per heavy atom. The zero-order valence-corrected chi connectivity index (χ0v) is 8.55. The normalized spacial score (nSPS) is 18.2. The molecule has 2 nitrogen and oxygen atoms in total. The van der Waals surface area contributed by atoms with E-state index in [-0.39, 0.29) is 17.9 Å². The maximum absolute atomic E-state index is 12.4. The van der Waals surface area contributed by atoms with Crippen LogP contribution in [-0.2, 0) is 6.18 Å². The molecule has 0 amide bonds. The van der Waals surface area contributed by atoms with Gasteiger partial charge in [-0.05, 0) is 31.0 Å². The van der Waals surface area contributed by atoms with Gasteiger partial charge in [-0.2, -0.15) is 13.2 Å². The zero-order valence-electron chi connectivity index (χ0n) is 8.55. The van der Waals surface area contributed by atoms with Crippen molar-refractivity contribution < 1.29 is 17.9 Å². The third-order valence-corrected chi connectivity index (χ3v) is 2.58. The first-order valence-electron chi connectivity index (χ1n) is 4.98. The molecule has 0 spiro atoms. The van der Waals surface area contributed by atoms with Crippen LogP contribution in [0.5, 0.6) is 5.75 Å². The maximum Gasteiger partial charge on any atom is 0.416 e. The van der Waals surface area contributed by atoms with Gasteiger partial charge in [-0.3, -0.25) is 0 Å². The van der Waals surface area contributed by atoms with Gasteiger partial charge in [-0.1, -0.05) is 6.07 Å². The van der Waals surface area contributed by atoms with Crippen LogP contribution >= 0.6 is 0 Å². The van der Waals surface area contributed by atoms with Gasteiger partial charge >= 0.3 is 6.18 Å². The van der Waals surface area contributed by atoms with Crippen LogP contribution in [0.4, 0.5) is 13.2 Å². The highest BCUT2D eigenvalue weighted by Crippen LogP contribution is 2.34. The Hall–Kier alpha value is -1.23. The molecule has 0 heterocycles. The summed E-state index contributed by atoms with van der Waals surface area (Å²) in [6.07, 6.45) is -2.60. The van der Waals surface area contributed by atoms with Crippen molar-refractivity contribution in [1.82, 2.24) is 0 Å². The highest BCUT2D eigenvalue weighted by atomic mass is 19.4. The number of ether oxygens (including phenoxy) is 1. The van der Waals surface area contributed by atoms with E-state index in [9.17, 15) is 13.2 Å². The molecule has 0 radical (unpaired) electrons. The van der Waals surface area contributed by atoms with Crippen molar-refractivity contribution >= 4 is 0 Å². The van der Waals surface area contributed by atoms with Gasteiger partial charge in [0.1, 0.15) is 12.4 Å². The lowest BCUT2D eigenvalue weighted by Crippen LogP contribution is -2.29. The lowest BCUT2D eigenvalue weighted by molar-refractivity contribution is -0.137. The van der Waals surface area contributed by atoms with Crippen LogP contribution in [0.15, 0.2) is 24.3 Å². The second kappa shape index (κ2) is 3.66. The van der Waals surface area contributed by atoms with E-state index in [0.29, 0.717) is 0 Å². The first-order chi connectivity index (χ1) is 7.39. The van der Waals surface area contributed by atoms with Crippen molar-refractivity contribution in [1.29, 1.82) is 0 Å². The number of hydrogen-bond acceptors (Lipinski definition) is 2. The van der Waals surface area contributed by atoms with Gasteiger partial charge in [-0.25, -0.2) is 0 Å². The van der Waals surface area contributed by atoms with Crippen molar-refractivity contribution in [3.8, 4) is 5.75 Å². The molecule has 1 fully saturated rings. The second-order valence-electron chi connectivity index (χ2n) is 4.18. The first kappa shape index (κ1) is 11.3. The maximum atomic E-state index is 12.4. The summed E-state index contributed by atoms with van der Waals surface area (Å²) in [7, 11) is 0. The summed E-state index contributed by atoms with van der Waals surface area (Å²) < 4.78 is 42.4. The summed E-state index contributed by atoms with van der Waals surface area (Å²) in [5.74, 6) is 0.214. The summed E-state index contributed by atoms with van der Waals surface area (Å²) in [5.41, 5.74) is 4.74. The minimum atomic E-state index is -4.33. The molecule has 0 unspecified atom stereocenters. The van der Waals surface area contributed by atoms with Gasteiger partial charge in [0.2, 0.25) is 0 Å². The van der Waals surface area contributed by atoms with Crippen LogP contribution in [0.25, 0.3) is 0 Å². The molecule has 0 aromatic heterocycles. The van der Waals surface area contributed by atoms with Crippen molar-refractivity contribution in [2.24, 2.45) is 5.73 Å². The number of benzene rings is 1. The van der Waals surface area contributed by atoms with Gasteiger partial charge in [-0.15, -0.1) is 0 Å².